The lowest BCUT2D eigenvalue weighted by molar-refractivity contribution is -0.138. The minimum Gasteiger partial charge on any atom is -0.325 e. The number of fused-ring (bicyclic) bond motifs is 2. The van der Waals surface area contributed by atoms with Gasteiger partial charge in [-0.2, -0.15) is 5.10 Å². The zero-order valence-corrected chi connectivity index (χ0v) is 24.4. The average Bonchev–Trinajstić information content (AvgIpc) is 3.39. The van der Waals surface area contributed by atoms with Crippen LogP contribution in [-0.4, -0.2) is 71.0 Å². The number of anilines is 1. The summed E-state index contributed by atoms with van der Waals surface area (Å²) in [6.45, 7) is 3.78. The minimum atomic E-state index is -0.961. The molecule has 1 N–H and O–H groups in total. The molecule has 11 nitrogen and oxygen atoms in total. The van der Waals surface area contributed by atoms with Crippen molar-refractivity contribution in [3.05, 3.63) is 58.2 Å². The van der Waals surface area contributed by atoms with Gasteiger partial charge < -0.3 is 10.2 Å². The van der Waals surface area contributed by atoms with Crippen molar-refractivity contribution in [1.82, 2.24) is 34.6 Å². The number of hydrogen-bond donors (Lipinski definition) is 1. The Morgan fingerprint density at radius 1 is 1.12 bits per heavy atom. The first-order valence-electron chi connectivity index (χ1n) is 13.2. The van der Waals surface area contributed by atoms with E-state index in [-0.39, 0.29) is 34.9 Å². The molecule has 1 saturated carbocycles. The van der Waals surface area contributed by atoms with Gasteiger partial charge in [-0.15, -0.1) is 0 Å². The molecule has 0 aromatic carbocycles. The summed E-state index contributed by atoms with van der Waals surface area (Å²) in [5, 5.41) is 7.59. The van der Waals surface area contributed by atoms with Crippen LogP contribution in [0.4, 0.5) is 14.6 Å². The first-order valence-corrected chi connectivity index (χ1v) is 14.0. The summed E-state index contributed by atoms with van der Waals surface area (Å²) in [6, 6.07) is 1.52. The maximum Gasteiger partial charge on any atom is 0.248 e. The van der Waals surface area contributed by atoms with Gasteiger partial charge in [0.2, 0.25) is 11.8 Å². The molecule has 2 fully saturated rings. The largest absolute Gasteiger partial charge is 0.325 e. The normalized spacial score (nSPS) is 21.0. The third kappa shape index (κ3) is 4.72. The van der Waals surface area contributed by atoms with Crippen molar-refractivity contribution in [3.63, 3.8) is 0 Å². The van der Waals surface area contributed by atoms with E-state index in [4.69, 9.17) is 0 Å². The Labute approximate surface area is 246 Å². The molecule has 0 unspecified atom stereocenters. The molecular weight excluding hydrogens is 614 g/mol. The highest BCUT2D eigenvalue weighted by atomic mass is 79.9. The zero-order chi connectivity index (χ0) is 29.9. The standard InChI is InChI=1S/C28H25BrF2N8O3/c1-13-4-18(31)25(29)35-26(13)36-27(42)20-6-28(12-30)7-22(28)39(20)23(41)11-38-21-10-34-19(16-8-32-15(3)33-9-16)5-17(21)24(37-38)14(2)40/h4-5,8-10,20,22H,6-7,11-12H2,1-3H3,(H,35,36,42)/t20-,22+,28-/m0/s1. The number of carbonyl (C=O) groups excluding carboxylic acids is 3. The number of amides is 2. The quantitative estimate of drug-likeness (QED) is 0.237. The molecule has 6 rings (SSSR count). The predicted octanol–water partition coefficient (Wildman–Crippen LogP) is 3.97. The van der Waals surface area contributed by atoms with Crippen molar-refractivity contribution in [1.29, 1.82) is 0 Å². The highest BCUT2D eigenvalue weighted by Crippen LogP contribution is 2.60. The number of nitrogens with zero attached hydrogens (tertiary/aromatic N) is 7. The van der Waals surface area contributed by atoms with E-state index < -0.39 is 41.8 Å². The van der Waals surface area contributed by atoms with Crippen LogP contribution in [0, 0.1) is 25.1 Å². The number of Topliss-reactive ketones (excluding diaryl/α,β-unsaturated/α-hetero) is 1. The van der Waals surface area contributed by atoms with Crippen LogP contribution in [0.1, 0.15) is 41.6 Å². The monoisotopic (exact) mass is 638 g/mol. The molecule has 2 amide bonds. The fourth-order valence-corrected chi connectivity index (χ4v) is 5.93. The van der Waals surface area contributed by atoms with E-state index in [2.05, 4.69) is 46.3 Å². The van der Waals surface area contributed by atoms with E-state index in [1.54, 1.807) is 32.3 Å². The second-order valence-corrected chi connectivity index (χ2v) is 11.6. The van der Waals surface area contributed by atoms with Gasteiger partial charge >= 0.3 is 0 Å². The third-order valence-corrected chi connectivity index (χ3v) is 8.53. The summed E-state index contributed by atoms with van der Waals surface area (Å²) in [4.78, 5) is 58.0. The highest BCUT2D eigenvalue weighted by Gasteiger charge is 2.67. The fourth-order valence-electron chi connectivity index (χ4n) is 5.63. The van der Waals surface area contributed by atoms with Crippen LogP contribution in [0.3, 0.4) is 0 Å². The van der Waals surface area contributed by atoms with Crippen molar-refractivity contribution >= 4 is 50.2 Å². The number of nitrogens with one attached hydrogen (secondary N) is 1. The van der Waals surface area contributed by atoms with Gasteiger partial charge in [0.05, 0.1) is 24.1 Å². The minimum absolute atomic E-state index is 0.0654. The van der Waals surface area contributed by atoms with Crippen molar-refractivity contribution in [2.24, 2.45) is 5.41 Å². The first kappa shape index (κ1) is 27.9. The van der Waals surface area contributed by atoms with Gasteiger partial charge in [-0.25, -0.2) is 19.3 Å². The smallest absolute Gasteiger partial charge is 0.248 e. The SMILES string of the molecule is CC(=O)c1nn(CC(=O)N2[C@H](C(=O)Nc3nc(Br)c(F)cc3C)C[C@@]3(CF)C[C@@H]23)c2cnc(-c3cnc(C)nc3)cc12. The van der Waals surface area contributed by atoms with Gasteiger partial charge in [0.25, 0.3) is 0 Å². The van der Waals surface area contributed by atoms with E-state index in [0.717, 1.165) is 0 Å². The van der Waals surface area contributed by atoms with Gasteiger partial charge in [-0.3, -0.25) is 28.4 Å². The maximum absolute atomic E-state index is 14.1. The summed E-state index contributed by atoms with van der Waals surface area (Å²) in [5.74, 6) is -1.12. The van der Waals surface area contributed by atoms with Gasteiger partial charge in [0.1, 0.15) is 34.5 Å². The molecule has 14 heteroatoms. The Balaban J connectivity index is 1.30. The summed E-state index contributed by atoms with van der Waals surface area (Å²) < 4.78 is 29.3. The molecule has 3 atom stereocenters. The van der Waals surface area contributed by atoms with Gasteiger partial charge in [0.15, 0.2) is 11.6 Å². The number of carbonyl (C=O) groups is 3. The van der Waals surface area contributed by atoms with E-state index in [9.17, 15) is 23.2 Å². The molecule has 1 saturated heterocycles. The van der Waals surface area contributed by atoms with Crippen LogP contribution in [0.25, 0.3) is 22.2 Å². The van der Waals surface area contributed by atoms with E-state index in [1.165, 1.54) is 28.8 Å². The number of piperidine rings is 1. The van der Waals surface area contributed by atoms with Crippen LogP contribution < -0.4 is 5.32 Å². The molecule has 0 radical (unpaired) electrons. The Hall–Kier alpha value is -4.20. The number of pyridine rings is 2. The number of alkyl halides is 1. The van der Waals surface area contributed by atoms with Gasteiger partial charge in [-0.05, 0) is 60.3 Å². The first-order chi connectivity index (χ1) is 20.0. The molecule has 216 valence electrons. The van der Waals surface area contributed by atoms with Crippen LogP contribution in [0.15, 0.2) is 35.3 Å². The third-order valence-electron chi connectivity index (χ3n) is 7.97. The second-order valence-electron chi connectivity index (χ2n) is 10.8. The summed E-state index contributed by atoms with van der Waals surface area (Å²) in [6.07, 6.45) is 5.38. The zero-order valence-electron chi connectivity index (χ0n) is 22.9. The lowest BCUT2D eigenvalue weighted by atomic mass is 10.0. The molecule has 4 aromatic heterocycles. The van der Waals surface area contributed by atoms with Crippen LogP contribution >= 0.6 is 15.9 Å². The van der Waals surface area contributed by atoms with Crippen LogP contribution in [0.2, 0.25) is 0 Å². The lowest BCUT2D eigenvalue weighted by Gasteiger charge is -2.27. The van der Waals surface area contributed by atoms with E-state index in [0.29, 0.717) is 40.0 Å². The van der Waals surface area contributed by atoms with Gasteiger partial charge in [0, 0.05) is 41.7 Å². The van der Waals surface area contributed by atoms with Crippen molar-refractivity contribution in [2.75, 3.05) is 12.0 Å². The molecule has 0 bridgehead atoms. The number of aryl methyl sites for hydroxylation is 2. The number of ketones is 1. The summed E-state index contributed by atoms with van der Waals surface area (Å²) in [7, 11) is 0. The molecular formula is C28H25BrF2N8O3. The van der Waals surface area contributed by atoms with Crippen LogP contribution in [-0.2, 0) is 16.1 Å². The summed E-state index contributed by atoms with van der Waals surface area (Å²) >= 11 is 3.02. The van der Waals surface area contributed by atoms with E-state index >= 15 is 0 Å². The molecule has 1 aliphatic heterocycles. The van der Waals surface area contributed by atoms with Crippen LogP contribution in [0.5, 0.6) is 0 Å². The fraction of sp³-hybridized carbons (Fsp3) is 0.357. The van der Waals surface area contributed by atoms with Gasteiger partial charge in [-0.1, -0.05) is 0 Å². The Morgan fingerprint density at radius 3 is 2.55 bits per heavy atom. The molecule has 42 heavy (non-hydrogen) atoms. The molecule has 1 aliphatic carbocycles. The van der Waals surface area contributed by atoms with E-state index in [1.807, 2.05) is 0 Å². The number of halogens is 3. The number of hydrogen-bond acceptors (Lipinski definition) is 8. The second kappa shape index (κ2) is 10.3. The van der Waals surface area contributed by atoms with Crippen molar-refractivity contribution < 1.29 is 23.2 Å². The Kier molecular flexibility index (Phi) is 6.83. The average molecular weight is 639 g/mol. The number of rotatable bonds is 7. The maximum atomic E-state index is 14.1. The topological polar surface area (TPSA) is 136 Å². The molecule has 5 heterocycles. The highest BCUT2D eigenvalue weighted by molar-refractivity contribution is 9.10. The predicted molar refractivity (Wildman–Crippen MR) is 151 cm³/mol. The summed E-state index contributed by atoms with van der Waals surface area (Å²) in [5.41, 5.74) is 1.42. The lowest BCUT2D eigenvalue weighted by Crippen LogP contribution is -2.47. The van der Waals surface area contributed by atoms with Crippen molar-refractivity contribution in [3.8, 4) is 11.3 Å². The molecule has 2 aliphatic rings. The molecule has 0 spiro atoms. The Morgan fingerprint density at radius 2 is 1.86 bits per heavy atom. The number of aromatic nitrogens is 6. The Bertz CT molecular complexity index is 1780. The van der Waals surface area contributed by atoms with Crippen molar-refractivity contribution in [2.45, 2.75) is 52.2 Å². The molecule has 4 aromatic rings. The number of likely N-dealkylation sites (tertiary alicyclic amines) is 1.